The zero-order valence-electron chi connectivity index (χ0n) is 19.0. The maximum Gasteiger partial charge on any atom is 0.509 e. The second-order valence-corrected chi connectivity index (χ2v) is 8.58. The van der Waals surface area contributed by atoms with E-state index in [9.17, 15) is 9.59 Å². The van der Waals surface area contributed by atoms with Gasteiger partial charge < -0.3 is 19.5 Å². The molecule has 0 heterocycles. The van der Waals surface area contributed by atoms with Crippen molar-refractivity contribution in [3.63, 3.8) is 0 Å². The van der Waals surface area contributed by atoms with Gasteiger partial charge in [-0.25, -0.2) is 4.79 Å². The van der Waals surface area contributed by atoms with Gasteiger partial charge in [0.15, 0.2) is 0 Å². The molecule has 0 aromatic heterocycles. The number of fused-ring (bicyclic) bond motifs is 1. The second kappa shape index (κ2) is 9.73. The summed E-state index contributed by atoms with van der Waals surface area (Å²) in [4.78, 5) is 25.7. The van der Waals surface area contributed by atoms with Gasteiger partial charge in [0, 0.05) is 11.3 Å². The van der Waals surface area contributed by atoms with Gasteiger partial charge in [0.05, 0.1) is 13.0 Å². The summed E-state index contributed by atoms with van der Waals surface area (Å²) in [5, 5.41) is 4.79. The molecule has 0 radical (unpaired) electrons. The lowest BCUT2D eigenvalue weighted by Gasteiger charge is -2.27. The fourth-order valence-corrected chi connectivity index (χ4v) is 3.38. The van der Waals surface area contributed by atoms with E-state index < -0.39 is 23.8 Å². The fraction of sp³-hybridized carbons (Fsp3) is 0.308. The van der Waals surface area contributed by atoms with Crippen LogP contribution in [0.2, 0.25) is 0 Å². The number of methoxy groups -OCH3 is 1. The maximum absolute atomic E-state index is 13.1. The van der Waals surface area contributed by atoms with E-state index >= 15 is 0 Å². The van der Waals surface area contributed by atoms with Crippen LogP contribution in [0.15, 0.2) is 66.7 Å². The van der Waals surface area contributed by atoms with Crippen molar-refractivity contribution in [1.29, 1.82) is 0 Å². The third-order valence-electron chi connectivity index (χ3n) is 4.97. The molecule has 1 N–H and O–H groups in total. The number of hydrogen-bond acceptors (Lipinski definition) is 5. The molecule has 0 aliphatic heterocycles. The molecule has 3 rings (SSSR count). The molecule has 3 aromatic rings. The number of carbonyl (C=O) groups is 2. The largest absolute Gasteiger partial charge is 0.509 e. The molecule has 6 nitrogen and oxygen atoms in total. The van der Waals surface area contributed by atoms with Gasteiger partial charge in [0.25, 0.3) is 0 Å². The van der Waals surface area contributed by atoms with E-state index in [1.807, 2.05) is 42.5 Å². The number of carbonyl (C=O) groups excluding carboxylic acids is 2. The Balaban J connectivity index is 1.91. The second-order valence-electron chi connectivity index (χ2n) is 8.58. The molecule has 0 unspecified atom stereocenters. The van der Waals surface area contributed by atoms with Gasteiger partial charge in [-0.05, 0) is 62.7 Å². The van der Waals surface area contributed by atoms with Gasteiger partial charge >= 0.3 is 6.16 Å². The molecule has 0 spiro atoms. The van der Waals surface area contributed by atoms with E-state index in [1.54, 1.807) is 59.1 Å². The molecule has 0 fully saturated rings. The van der Waals surface area contributed by atoms with Gasteiger partial charge in [-0.1, -0.05) is 42.5 Å². The topological polar surface area (TPSA) is 73.9 Å². The average molecular weight is 436 g/mol. The van der Waals surface area contributed by atoms with Crippen molar-refractivity contribution in [1.82, 2.24) is 0 Å². The van der Waals surface area contributed by atoms with Crippen LogP contribution in [0.4, 0.5) is 10.5 Å². The minimum atomic E-state index is -0.839. The molecular weight excluding hydrogens is 406 g/mol. The van der Waals surface area contributed by atoms with Crippen LogP contribution < -0.4 is 10.1 Å². The van der Waals surface area contributed by atoms with Crippen molar-refractivity contribution in [3.8, 4) is 5.75 Å². The van der Waals surface area contributed by atoms with Crippen LogP contribution in [0.5, 0.6) is 5.75 Å². The first kappa shape index (κ1) is 23.1. The minimum Gasteiger partial charge on any atom is -0.497 e. The molecule has 0 aliphatic rings. The lowest BCUT2D eigenvalue weighted by molar-refractivity contribution is -0.124. The Morgan fingerprint density at radius 2 is 1.56 bits per heavy atom. The highest BCUT2D eigenvalue weighted by molar-refractivity contribution is 5.94. The summed E-state index contributed by atoms with van der Waals surface area (Å²) >= 11 is 0. The van der Waals surface area contributed by atoms with Crippen LogP contribution in [-0.2, 0) is 14.3 Å². The molecule has 6 heteroatoms. The van der Waals surface area contributed by atoms with Crippen LogP contribution >= 0.6 is 0 Å². The number of benzene rings is 3. The van der Waals surface area contributed by atoms with Crippen molar-refractivity contribution >= 4 is 28.5 Å². The van der Waals surface area contributed by atoms with Crippen molar-refractivity contribution in [2.24, 2.45) is 5.92 Å². The average Bonchev–Trinajstić information content (AvgIpc) is 2.76. The van der Waals surface area contributed by atoms with Gasteiger partial charge in [0.1, 0.15) is 17.5 Å². The van der Waals surface area contributed by atoms with E-state index in [-0.39, 0.29) is 5.91 Å². The third-order valence-corrected chi connectivity index (χ3v) is 4.97. The summed E-state index contributed by atoms with van der Waals surface area (Å²) in [6.07, 6.45) is -1.66. The van der Waals surface area contributed by atoms with Crippen molar-refractivity contribution < 1.29 is 23.8 Å². The number of rotatable bonds is 6. The zero-order chi connectivity index (χ0) is 23.3. The van der Waals surface area contributed by atoms with Crippen LogP contribution in [0, 0.1) is 5.92 Å². The van der Waals surface area contributed by atoms with E-state index in [4.69, 9.17) is 14.2 Å². The van der Waals surface area contributed by atoms with Crippen molar-refractivity contribution in [2.75, 3.05) is 12.4 Å². The monoisotopic (exact) mass is 435 g/mol. The number of amides is 1. The Morgan fingerprint density at radius 3 is 2.22 bits per heavy atom. The summed E-state index contributed by atoms with van der Waals surface area (Å²) in [7, 11) is 1.58. The van der Waals surface area contributed by atoms with Crippen LogP contribution in [-0.4, -0.2) is 24.8 Å². The van der Waals surface area contributed by atoms with Crippen LogP contribution in [0.3, 0.4) is 0 Å². The van der Waals surface area contributed by atoms with Crippen molar-refractivity contribution in [3.05, 3.63) is 72.3 Å². The Hall–Kier alpha value is -3.54. The molecule has 2 atom stereocenters. The number of ether oxygens (including phenoxy) is 3. The molecule has 1 amide bonds. The smallest absolute Gasteiger partial charge is 0.497 e. The molecule has 0 saturated carbocycles. The minimum absolute atomic E-state index is 0.281. The highest BCUT2D eigenvalue weighted by Crippen LogP contribution is 2.33. The molecule has 3 aromatic carbocycles. The van der Waals surface area contributed by atoms with Crippen molar-refractivity contribution in [2.45, 2.75) is 39.4 Å². The molecule has 0 bridgehead atoms. The summed E-state index contributed by atoms with van der Waals surface area (Å²) < 4.78 is 16.3. The summed E-state index contributed by atoms with van der Waals surface area (Å²) in [6.45, 7) is 7.03. The molecule has 0 aliphatic carbocycles. The van der Waals surface area contributed by atoms with E-state index in [0.29, 0.717) is 11.4 Å². The normalized spacial score (nSPS) is 13.2. The number of anilines is 1. The highest BCUT2D eigenvalue weighted by Gasteiger charge is 2.32. The van der Waals surface area contributed by atoms with Crippen LogP contribution in [0.1, 0.15) is 39.4 Å². The molecular formula is C26H29NO5. The summed E-state index contributed by atoms with van der Waals surface area (Å²) in [6, 6.07) is 20.6. The number of nitrogens with one attached hydrogen (secondary N) is 1. The van der Waals surface area contributed by atoms with Gasteiger partial charge in [0.2, 0.25) is 5.91 Å². The van der Waals surface area contributed by atoms with E-state index in [0.717, 1.165) is 16.3 Å². The number of hydrogen-bond donors (Lipinski definition) is 1. The van der Waals surface area contributed by atoms with Crippen LogP contribution in [0.25, 0.3) is 10.8 Å². The Morgan fingerprint density at radius 1 is 0.906 bits per heavy atom. The highest BCUT2D eigenvalue weighted by atomic mass is 16.7. The SMILES string of the molecule is COc1ccc(NC(=O)[C@H](C)[C@@H](OC(=O)OC(C)(C)C)c2cccc3ccccc23)cc1. The maximum atomic E-state index is 13.1. The fourth-order valence-electron chi connectivity index (χ4n) is 3.38. The van der Waals surface area contributed by atoms with Gasteiger partial charge in [-0.3, -0.25) is 4.79 Å². The first-order valence-electron chi connectivity index (χ1n) is 10.5. The lowest BCUT2D eigenvalue weighted by Crippen LogP contribution is -2.31. The van der Waals surface area contributed by atoms with Gasteiger partial charge in [-0.2, -0.15) is 0 Å². The zero-order valence-corrected chi connectivity index (χ0v) is 19.0. The Kier molecular flexibility index (Phi) is 7.03. The summed E-state index contributed by atoms with van der Waals surface area (Å²) in [5.74, 6) is -0.273. The molecule has 32 heavy (non-hydrogen) atoms. The van der Waals surface area contributed by atoms with E-state index in [2.05, 4.69) is 5.32 Å². The molecule has 0 saturated heterocycles. The Bertz CT molecular complexity index is 1080. The standard InChI is InChI=1S/C26H29NO5/c1-17(24(28)27-19-13-15-20(30-5)16-14-19)23(31-25(29)32-26(2,3)4)22-12-8-10-18-9-6-7-11-21(18)22/h6-17,23H,1-5H3,(H,27,28)/t17-,23-/m1/s1. The predicted octanol–water partition coefficient (Wildman–Crippen LogP) is 6.12. The van der Waals surface area contributed by atoms with E-state index in [1.165, 1.54) is 0 Å². The molecule has 168 valence electrons. The van der Waals surface area contributed by atoms with Gasteiger partial charge in [-0.15, -0.1) is 0 Å². The first-order valence-corrected chi connectivity index (χ1v) is 10.5. The predicted molar refractivity (Wildman–Crippen MR) is 125 cm³/mol. The lowest BCUT2D eigenvalue weighted by atomic mass is 9.92. The first-order chi connectivity index (χ1) is 15.2. The Labute approximate surface area is 188 Å². The third kappa shape index (κ3) is 5.78. The quantitative estimate of drug-likeness (QED) is 0.473. The summed E-state index contributed by atoms with van der Waals surface area (Å²) in [5.41, 5.74) is 0.651.